The van der Waals surface area contributed by atoms with E-state index in [1.807, 2.05) is 12.1 Å². The predicted octanol–water partition coefficient (Wildman–Crippen LogP) is 3.70. The van der Waals surface area contributed by atoms with E-state index in [4.69, 9.17) is 0 Å². The molecule has 1 heterocycles. The van der Waals surface area contributed by atoms with Gasteiger partial charge in [0.2, 0.25) is 0 Å². The van der Waals surface area contributed by atoms with E-state index in [2.05, 4.69) is 23.2 Å². The van der Waals surface area contributed by atoms with Gasteiger partial charge in [-0.1, -0.05) is 30.3 Å². The van der Waals surface area contributed by atoms with Crippen molar-refractivity contribution in [2.24, 2.45) is 0 Å². The van der Waals surface area contributed by atoms with Gasteiger partial charge in [-0.2, -0.15) is 0 Å². The molecule has 3 heteroatoms. The van der Waals surface area contributed by atoms with Crippen molar-refractivity contribution in [3.05, 3.63) is 65.5 Å². The molecule has 0 saturated carbocycles. The van der Waals surface area contributed by atoms with Gasteiger partial charge >= 0.3 is 5.97 Å². The highest BCUT2D eigenvalue weighted by molar-refractivity contribution is 6.05. The van der Waals surface area contributed by atoms with Crippen LogP contribution < -0.4 is 0 Å². The van der Waals surface area contributed by atoms with Crippen molar-refractivity contribution < 1.29 is 9.90 Å². The molecule has 0 unspecified atom stereocenters. The molecule has 4 rings (SSSR count). The fraction of sp³-hybridized carbons (Fsp3) is 0.111. The van der Waals surface area contributed by atoms with Gasteiger partial charge in [0.15, 0.2) is 0 Å². The first kappa shape index (κ1) is 12.1. The van der Waals surface area contributed by atoms with Crippen LogP contribution >= 0.6 is 0 Å². The van der Waals surface area contributed by atoms with Crippen LogP contribution in [0.4, 0.5) is 0 Å². The summed E-state index contributed by atoms with van der Waals surface area (Å²) in [6.07, 6.45) is 5.29. The summed E-state index contributed by atoms with van der Waals surface area (Å²) in [7, 11) is 0. The lowest BCUT2D eigenvalue weighted by Gasteiger charge is -2.11. The summed E-state index contributed by atoms with van der Waals surface area (Å²) in [6, 6.07) is 12.0. The third kappa shape index (κ3) is 1.74. The van der Waals surface area contributed by atoms with Crippen LogP contribution in [0.15, 0.2) is 48.8 Å². The third-order valence-electron chi connectivity index (χ3n) is 4.22. The van der Waals surface area contributed by atoms with Gasteiger partial charge in [0.05, 0.1) is 5.56 Å². The van der Waals surface area contributed by atoms with Crippen LogP contribution in [0.5, 0.6) is 0 Å². The predicted molar refractivity (Wildman–Crippen MR) is 81.5 cm³/mol. The van der Waals surface area contributed by atoms with Crippen molar-refractivity contribution in [1.82, 2.24) is 4.98 Å². The van der Waals surface area contributed by atoms with Crippen LogP contribution in [0.2, 0.25) is 0 Å². The summed E-state index contributed by atoms with van der Waals surface area (Å²) >= 11 is 0. The fourth-order valence-electron chi connectivity index (χ4n) is 3.28. The van der Waals surface area contributed by atoms with Gasteiger partial charge in [-0.15, -0.1) is 0 Å². The van der Waals surface area contributed by atoms with E-state index >= 15 is 0 Å². The normalized spacial score (nSPS) is 12.8. The Bertz CT molecular complexity index is 873. The summed E-state index contributed by atoms with van der Waals surface area (Å²) < 4.78 is 0. The standard InChI is InChI=1S/C18H13NO2/c20-18(21)15-8-9-19-10-16(15)13-7-6-12-5-4-11-2-1-3-14(13)17(11)12/h1-3,6-10H,4-5H2,(H,20,21). The van der Waals surface area contributed by atoms with Crippen LogP contribution in [0.1, 0.15) is 21.5 Å². The number of hydrogen-bond acceptors (Lipinski definition) is 2. The smallest absolute Gasteiger partial charge is 0.336 e. The van der Waals surface area contributed by atoms with Crippen molar-refractivity contribution in [1.29, 1.82) is 0 Å². The molecular formula is C18H13NO2. The van der Waals surface area contributed by atoms with Gasteiger partial charge in [-0.05, 0) is 46.4 Å². The highest BCUT2D eigenvalue weighted by atomic mass is 16.4. The number of rotatable bonds is 2. The molecule has 0 radical (unpaired) electrons. The van der Waals surface area contributed by atoms with E-state index in [1.54, 1.807) is 12.3 Å². The van der Waals surface area contributed by atoms with Gasteiger partial charge in [-0.3, -0.25) is 4.98 Å². The Morgan fingerprint density at radius 1 is 1.00 bits per heavy atom. The van der Waals surface area contributed by atoms with Gasteiger partial charge < -0.3 is 5.11 Å². The van der Waals surface area contributed by atoms with Crippen molar-refractivity contribution in [2.45, 2.75) is 12.8 Å². The van der Waals surface area contributed by atoms with Crippen molar-refractivity contribution in [3.63, 3.8) is 0 Å². The zero-order chi connectivity index (χ0) is 14.4. The first-order valence-corrected chi connectivity index (χ1v) is 6.97. The maximum Gasteiger partial charge on any atom is 0.336 e. The van der Waals surface area contributed by atoms with Gasteiger partial charge in [0, 0.05) is 18.0 Å². The zero-order valence-electron chi connectivity index (χ0n) is 11.3. The number of benzene rings is 2. The van der Waals surface area contributed by atoms with Gasteiger partial charge in [0.25, 0.3) is 0 Å². The van der Waals surface area contributed by atoms with Crippen LogP contribution in [-0.2, 0) is 12.8 Å². The third-order valence-corrected chi connectivity index (χ3v) is 4.22. The summed E-state index contributed by atoms with van der Waals surface area (Å²) in [4.78, 5) is 15.6. The lowest BCUT2D eigenvalue weighted by Crippen LogP contribution is -2.00. The lowest BCUT2D eigenvalue weighted by molar-refractivity contribution is 0.0697. The summed E-state index contributed by atoms with van der Waals surface area (Å²) in [6.45, 7) is 0. The average Bonchev–Trinajstić information content (AvgIpc) is 2.93. The minimum atomic E-state index is -0.921. The molecule has 1 aromatic heterocycles. The maximum absolute atomic E-state index is 11.4. The first-order chi connectivity index (χ1) is 10.3. The highest BCUT2D eigenvalue weighted by Gasteiger charge is 2.19. The molecule has 1 aliphatic rings. The second kappa shape index (κ2) is 4.42. The number of pyridine rings is 1. The SMILES string of the molecule is O=C(O)c1ccncc1-c1ccc2c3c(cccc13)CC2. The molecule has 3 aromatic rings. The number of aryl methyl sites for hydroxylation is 2. The largest absolute Gasteiger partial charge is 0.478 e. The molecule has 0 fully saturated rings. The molecule has 0 saturated heterocycles. The second-order valence-corrected chi connectivity index (χ2v) is 5.34. The topological polar surface area (TPSA) is 50.2 Å². The molecule has 0 bridgehead atoms. The monoisotopic (exact) mass is 275 g/mol. The number of carbonyl (C=O) groups is 1. The van der Waals surface area contributed by atoms with E-state index in [0.717, 1.165) is 23.8 Å². The maximum atomic E-state index is 11.4. The second-order valence-electron chi connectivity index (χ2n) is 5.34. The van der Waals surface area contributed by atoms with Crippen molar-refractivity contribution in [3.8, 4) is 11.1 Å². The Labute approximate surface area is 121 Å². The van der Waals surface area contributed by atoms with Crippen LogP contribution in [-0.4, -0.2) is 16.1 Å². The zero-order valence-corrected chi connectivity index (χ0v) is 11.3. The molecule has 2 aromatic carbocycles. The minimum absolute atomic E-state index is 0.295. The molecule has 0 aliphatic heterocycles. The number of hydrogen-bond donors (Lipinski definition) is 1. The molecular weight excluding hydrogens is 262 g/mol. The number of aromatic carboxylic acids is 1. The highest BCUT2D eigenvalue weighted by Crippen LogP contribution is 2.37. The fourth-order valence-corrected chi connectivity index (χ4v) is 3.28. The molecule has 102 valence electrons. The summed E-state index contributed by atoms with van der Waals surface area (Å²) in [5.74, 6) is -0.921. The number of nitrogens with zero attached hydrogens (tertiary/aromatic N) is 1. The Morgan fingerprint density at radius 2 is 1.81 bits per heavy atom. The number of carboxylic acid groups (broad SMARTS) is 1. The Hall–Kier alpha value is -2.68. The average molecular weight is 275 g/mol. The lowest BCUT2D eigenvalue weighted by atomic mass is 9.94. The number of aromatic nitrogens is 1. The Morgan fingerprint density at radius 3 is 2.62 bits per heavy atom. The molecule has 21 heavy (non-hydrogen) atoms. The Balaban J connectivity index is 2.08. The van der Waals surface area contributed by atoms with E-state index in [-0.39, 0.29) is 0 Å². The van der Waals surface area contributed by atoms with E-state index in [1.165, 1.54) is 22.7 Å². The molecule has 0 amide bonds. The van der Waals surface area contributed by atoms with Gasteiger partial charge in [0.1, 0.15) is 0 Å². The van der Waals surface area contributed by atoms with Crippen LogP contribution in [0, 0.1) is 0 Å². The van der Waals surface area contributed by atoms with E-state index in [9.17, 15) is 9.90 Å². The number of carboxylic acids is 1. The van der Waals surface area contributed by atoms with Crippen molar-refractivity contribution >= 4 is 16.7 Å². The molecule has 0 atom stereocenters. The van der Waals surface area contributed by atoms with Gasteiger partial charge in [-0.25, -0.2) is 4.79 Å². The molecule has 1 aliphatic carbocycles. The Kier molecular flexibility index (Phi) is 2.54. The summed E-state index contributed by atoms with van der Waals surface area (Å²) in [5.41, 5.74) is 4.63. The van der Waals surface area contributed by atoms with E-state index < -0.39 is 5.97 Å². The van der Waals surface area contributed by atoms with Crippen molar-refractivity contribution in [2.75, 3.05) is 0 Å². The summed E-state index contributed by atoms with van der Waals surface area (Å²) in [5, 5.41) is 11.8. The van der Waals surface area contributed by atoms with Crippen LogP contribution in [0.25, 0.3) is 21.9 Å². The first-order valence-electron chi connectivity index (χ1n) is 6.97. The molecule has 3 nitrogen and oxygen atoms in total. The van der Waals surface area contributed by atoms with E-state index in [0.29, 0.717) is 11.1 Å². The quantitative estimate of drug-likeness (QED) is 0.775. The molecule has 1 N–H and O–H groups in total. The minimum Gasteiger partial charge on any atom is -0.478 e. The van der Waals surface area contributed by atoms with Crippen LogP contribution in [0.3, 0.4) is 0 Å². The molecule has 0 spiro atoms.